The molecule has 0 radical (unpaired) electrons. The minimum absolute atomic E-state index is 0.0536. The summed E-state index contributed by atoms with van der Waals surface area (Å²) in [5, 5.41) is 5.22. The lowest BCUT2D eigenvalue weighted by Crippen LogP contribution is -2.45. The smallest absolute Gasteiger partial charge is 0.238 e. The Morgan fingerprint density at radius 1 is 1.04 bits per heavy atom. The molecule has 0 bridgehead atoms. The van der Waals surface area contributed by atoms with Crippen LogP contribution < -0.4 is 10.6 Å². The van der Waals surface area contributed by atoms with E-state index in [2.05, 4.69) is 10.6 Å². The predicted octanol–water partition coefficient (Wildman–Crippen LogP) is 3.20. The monoisotopic (exact) mass is 385 g/mol. The molecule has 8 heteroatoms. The lowest BCUT2D eigenvalue weighted by molar-refractivity contribution is -0.124. The Kier molecular flexibility index (Phi) is 8.09. The van der Waals surface area contributed by atoms with Gasteiger partial charge in [-0.1, -0.05) is 26.2 Å². The Hall–Kier alpha value is -2.09. The number of nitrogens with one attached hydrogen (secondary N) is 2. The van der Waals surface area contributed by atoms with Crippen LogP contribution in [-0.4, -0.2) is 42.4 Å². The molecule has 0 atom stereocenters. The number of hydrogen-bond acceptors (Lipinski definition) is 3. The van der Waals surface area contributed by atoms with E-state index < -0.39 is 29.0 Å². The van der Waals surface area contributed by atoms with Gasteiger partial charge in [-0.25, -0.2) is 13.2 Å². The molecule has 150 valence electrons. The Morgan fingerprint density at radius 3 is 2.37 bits per heavy atom. The minimum atomic E-state index is -1.63. The first-order valence-electron chi connectivity index (χ1n) is 9.35. The Balaban J connectivity index is 1.89. The van der Waals surface area contributed by atoms with Gasteiger partial charge in [-0.05, 0) is 37.9 Å². The largest absolute Gasteiger partial charge is 0.352 e. The average Bonchev–Trinajstić information content (AvgIpc) is 2.63. The molecular formula is C19H26F3N3O2. The number of hydrogen-bond donors (Lipinski definition) is 2. The molecule has 0 aromatic heterocycles. The van der Waals surface area contributed by atoms with Crippen LogP contribution in [0.5, 0.6) is 0 Å². The minimum Gasteiger partial charge on any atom is -0.352 e. The zero-order valence-electron chi connectivity index (χ0n) is 15.5. The number of nitrogens with zero attached hydrogens (tertiary/aromatic N) is 1. The number of carbonyl (C=O) groups excluding carboxylic acids is 2. The molecule has 1 aromatic rings. The van der Waals surface area contributed by atoms with Gasteiger partial charge in [-0.2, -0.15) is 0 Å². The summed E-state index contributed by atoms with van der Waals surface area (Å²) in [7, 11) is 0. The molecule has 1 aliphatic carbocycles. The van der Waals surface area contributed by atoms with Gasteiger partial charge in [0.15, 0.2) is 17.5 Å². The summed E-state index contributed by atoms with van der Waals surface area (Å²) in [4.78, 5) is 26.0. The van der Waals surface area contributed by atoms with Crippen molar-refractivity contribution >= 4 is 17.5 Å². The number of rotatable bonds is 8. The molecule has 0 aliphatic heterocycles. The highest BCUT2D eigenvalue weighted by molar-refractivity contribution is 5.92. The van der Waals surface area contributed by atoms with Gasteiger partial charge in [-0.3, -0.25) is 14.5 Å². The summed E-state index contributed by atoms with van der Waals surface area (Å²) in [6, 6.07) is 1.89. The van der Waals surface area contributed by atoms with Gasteiger partial charge in [0, 0.05) is 6.04 Å². The van der Waals surface area contributed by atoms with Gasteiger partial charge in [0.2, 0.25) is 11.8 Å². The zero-order valence-corrected chi connectivity index (χ0v) is 15.5. The van der Waals surface area contributed by atoms with Crippen LogP contribution in [0.1, 0.15) is 45.4 Å². The van der Waals surface area contributed by atoms with Crippen molar-refractivity contribution in [3.63, 3.8) is 0 Å². The van der Waals surface area contributed by atoms with Crippen LogP contribution in [0.4, 0.5) is 18.9 Å². The van der Waals surface area contributed by atoms with Crippen molar-refractivity contribution in [3.8, 4) is 0 Å². The van der Waals surface area contributed by atoms with E-state index in [-0.39, 0.29) is 25.0 Å². The van der Waals surface area contributed by atoms with Crippen LogP contribution in [0.2, 0.25) is 0 Å². The summed E-state index contributed by atoms with van der Waals surface area (Å²) >= 11 is 0. The van der Waals surface area contributed by atoms with Crippen LogP contribution in [-0.2, 0) is 9.59 Å². The van der Waals surface area contributed by atoms with Gasteiger partial charge in [0.1, 0.15) is 0 Å². The highest BCUT2D eigenvalue weighted by Crippen LogP contribution is 2.19. The topological polar surface area (TPSA) is 61.4 Å². The van der Waals surface area contributed by atoms with Crippen LogP contribution in [0, 0.1) is 17.5 Å². The van der Waals surface area contributed by atoms with E-state index in [4.69, 9.17) is 0 Å². The maximum absolute atomic E-state index is 13.7. The summed E-state index contributed by atoms with van der Waals surface area (Å²) in [6.45, 7) is 2.33. The van der Waals surface area contributed by atoms with Gasteiger partial charge >= 0.3 is 0 Å². The molecule has 27 heavy (non-hydrogen) atoms. The molecule has 1 saturated carbocycles. The maximum Gasteiger partial charge on any atom is 0.238 e. The van der Waals surface area contributed by atoms with Crippen molar-refractivity contribution in [3.05, 3.63) is 29.6 Å². The Labute approximate surface area is 157 Å². The van der Waals surface area contributed by atoms with Crippen LogP contribution in [0.25, 0.3) is 0 Å². The van der Waals surface area contributed by atoms with Crippen LogP contribution in [0.15, 0.2) is 12.1 Å². The first kappa shape index (κ1) is 21.2. The number of benzene rings is 1. The van der Waals surface area contributed by atoms with Gasteiger partial charge in [-0.15, -0.1) is 0 Å². The molecule has 0 unspecified atom stereocenters. The first-order valence-corrected chi connectivity index (χ1v) is 9.35. The molecule has 1 aromatic carbocycles. The van der Waals surface area contributed by atoms with Crippen LogP contribution >= 0.6 is 0 Å². The zero-order chi connectivity index (χ0) is 19.8. The molecule has 0 saturated heterocycles. The number of halogens is 3. The van der Waals surface area contributed by atoms with Gasteiger partial charge < -0.3 is 10.6 Å². The summed E-state index contributed by atoms with van der Waals surface area (Å²) in [6.07, 6.45) is 6.06. The summed E-state index contributed by atoms with van der Waals surface area (Å²) in [5.41, 5.74) is -0.429. The highest BCUT2D eigenvalue weighted by Gasteiger charge is 2.20. The highest BCUT2D eigenvalue weighted by atomic mass is 19.2. The molecule has 1 fully saturated rings. The fourth-order valence-electron chi connectivity index (χ4n) is 3.27. The quantitative estimate of drug-likeness (QED) is 0.676. The lowest BCUT2D eigenvalue weighted by Gasteiger charge is -2.25. The molecule has 2 rings (SSSR count). The molecule has 2 amide bonds. The van der Waals surface area contributed by atoms with Crippen molar-refractivity contribution in [2.75, 3.05) is 25.0 Å². The molecule has 5 nitrogen and oxygen atoms in total. The molecule has 0 heterocycles. The normalized spacial score (nSPS) is 15.0. The fourth-order valence-corrected chi connectivity index (χ4v) is 3.27. The standard InChI is InChI=1S/C19H26F3N3O2/c1-2-10-25(11-16(26)23-13-6-4-3-5-7-13)12-17(27)24-15-9-8-14(20)18(21)19(15)22/h8-9,13H,2-7,10-12H2,1H3,(H,23,26)(H,24,27). The Bertz CT molecular complexity index is 664. The van der Waals surface area contributed by atoms with E-state index in [1.54, 1.807) is 4.90 Å². The molecule has 1 aliphatic rings. The van der Waals surface area contributed by atoms with Crippen molar-refractivity contribution in [2.45, 2.75) is 51.5 Å². The van der Waals surface area contributed by atoms with E-state index in [1.807, 2.05) is 6.92 Å². The van der Waals surface area contributed by atoms with Gasteiger partial charge in [0.05, 0.1) is 18.8 Å². The fraction of sp³-hybridized carbons (Fsp3) is 0.579. The van der Waals surface area contributed by atoms with Crippen molar-refractivity contribution in [1.82, 2.24) is 10.2 Å². The third kappa shape index (κ3) is 6.53. The van der Waals surface area contributed by atoms with E-state index in [0.29, 0.717) is 6.54 Å². The number of amides is 2. The molecule has 2 N–H and O–H groups in total. The van der Waals surface area contributed by atoms with Crippen molar-refractivity contribution in [2.24, 2.45) is 0 Å². The second-order valence-electron chi connectivity index (χ2n) is 6.88. The van der Waals surface area contributed by atoms with Crippen LogP contribution in [0.3, 0.4) is 0 Å². The Morgan fingerprint density at radius 2 is 1.70 bits per heavy atom. The molecule has 0 spiro atoms. The van der Waals surface area contributed by atoms with E-state index >= 15 is 0 Å². The van der Waals surface area contributed by atoms with Gasteiger partial charge in [0.25, 0.3) is 0 Å². The number of carbonyl (C=O) groups is 2. The summed E-state index contributed by atoms with van der Waals surface area (Å²) < 4.78 is 39.9. The van der Waals surface area contributed by atoms with Crippen molar-refractivity contribution in [1.29, 1.82) is 0 Å². The number of anilines is 1. The third-order valence-corrected chi connectivity index (χ3v) is 4.55. The summed E-state index contributed by atoms with van der Waals surface area (Å²) in [5.74, 6) is -5.15. The molecular weight excluding hydrogens is 359 g/mol. The lowest BCUT2D eigenvalue weighted by atomic mass is 9.95. The first-order chi connectivity index (χ1) is 12.9. The third-order valence-electron chi connectivity index (χ3n) is 4.55. The second-order valence-corrected chi connectivity index (χ2v) is 6.88. The van der Waals surface area contributed by atoms with Crippen molar-refractivity contribution < 1.29 is 22.8 Å². The average molecular weight is 385 g/mol. The predicted molar refractivity (Wildman–Crippen MR) is 96.7 cm³/mol. The van der Waals surface area contributed by atoms with E-state index in [0.717, 1.165) is 44.2 Å². The van der Waals surface area contributed by atoms with E-state index in [9.17, 15) is 22.8 Å². The second kappa shape index (κ2) is 10.3. The van der Waals surface area contributed by atoms with E-state index in [1.165, 1.54) is 6.42 Å². The maximum atomic E-state index is 13.7. The SMILES string of the molecule is CCCN(CC(=O)Nc1ccc(F)c(F)c1F)CC(=O)NC1CCCCC1.